The van der Waals surface area contributed by atoms with Gasteiger partial charge in [-0.3, -0.25) is 9.36 Å². The first-order valence-corrected chi connectivity index (χ1v) is 22.9. The monoisotopic (exact) mass is 813 g/mol. The lowest BCUT2D eigenvalue weighted by molar-refractivity contribution is -0.870. The van der Waals surface area contributed by atoms with E-state index in [0.29, 0.717) is 11.0 Å². The average Bonchev–Trinajstić information content (AvgIpc) is 3.13. The minimum absolute atomic E-state index is 0.0140. The maximum absolute atomic E-state index is 12.9. The Bertz CT molecular complexity index is 1150. The minimum atomic E-state index is -4.68. The molecule has 1 unspecified atom stereocenters. The maximum atomic E-state index is 12.9. The third-order valence-corrected chi connectivity index (χ3v) is 10.3. The summed E-state index contributed by atoms with van der Waals surface area (Å²) in [7, 11) is 1.03. The number of carbonyl (C=O) groups is 1. The number of unbranched alkanes of at least 4 members (excludes halogenated alkanes) is 14. The van der Waals surface area contributed by atoms with Crippen molar-refractivity contribution in [3.8, 4) is 0 Å². The summed E-state index contributed by atoms with van der Waals surface area (Å²) in [4.78, 5) is 25.3. The summed E-state index contributed by atoms with van der Waals surface area (Å²) in [6.07, 6.45) is 33.3. The second kappa shape index (κ2) is 35.1. The van der Waals surface area contributed by atoms with Gasteiger partial charge in [-0.2, -0.15) is 0 Å². The second-order valence-corrected chi connectivity index (χ2v) is 17.3. The number of quaternary nitrogens is 1. The molecular formula is C44H81N2O9P. The van der Waals surface area contributed by atoms with Crippen LogP contribution >= 0.6 is 7.82 Å². The van der Waals surface area contributed by atoms with Crippen LogP contribution in [0.25, 0.3) is 0 Å². The number of phosphoric ester groups is 1. The summed E-state index contributed by atoms with van der Waals surface area (Å²) in [5, 5.41) is 44.2. The predicted octanol–water partition coefficient (Wildman–Crippen LogP) is 7.75. The molecule has 0 aliphatic carbocycles. The van der Waals surface area contributed by atoms with E-state index in [-0.39, 0.29) is 25.9 Å². The molecule has 0 radical (unpaired) electrons. The van der Waals surface area contributed by atoms with E-state index >= 15 is 0 Å². The summed E-state index contributed by atoms with van der Waals surface area (Å²) in [6, 6.07) is -1.05. The zero-order valence-electron chi connectivity index (χ0n) is 35.6. The Hall–Kier alpha value is -1.92. The zero-order valence-corrected chi connectivity index (χ0v) is 36.5. The number of amides is 1. The zero-order chi connectivity index (χ0) is 41.9. The van der Waals surface area contributed by atoms with Crippen molar-refractivity contribution in [1.82, 2.24) is 5.32 Å². The fraction of sp³-hybridized carbons (Fsp3) is 0.750. The van der Waals surface area contributed by atoms with Gasteiger partial charge in [-0.25, -0.2) is 0 Å². The number of aliphatic hydroxyl groups excluding tert-OH is 4. The summed E-state index contributed by atoms with van der Waals surface area (Å²) in [6.45, 7) is 4.23. The first-order valence-electron chi connectivity index (χ1n) is 21.5. The highest BCUT2D eigenvalue weighted by Gasteiger charge is 2.23. The fourth-order valence-corrected chi connectivity index (χ4v) is 6.43. The standard InChI is InChI=1S/C44H81N2O9P/c1-6-8-10-11-12-13-14-15-16-17-18-19-23-27-32-41(48)40(38-55-56(52,53)54-37-36-46(3,4)5)45-44(51)35-29-34-43(50)42(49)33-28-24-21-20-22-26-31-39(47)30-25-9-7-2/h20-22,24,26-28,31-33,39-43,47-50H,6-19,23,25,29-30,34-38H2,1-5H3,(H-,45,51,52,53)/b22-20-,24-21+,31-26+,32-27+,33-28+/t39-,40-,41+,42-,43-/m0/s1. The molecule has 0 aromatic carbocycles. The number of aliphatic hydroxyl groups is 4. The summed E-state index contributed by atoms with van der Waals surface area (Å²) in [5.41, 5.74) is 0. The lowest BCUT2D eigenvalue weighted by Crippen LogP contribution is -2.46. The number of nitrogens with one attached hydrogen (secondary N) is 1. The Balaban J connectivity index is 4.84. The molecular weight excluding hydrogens is 731 g/mol. The van der Waals surface area contributed by atoms with Gasteiger partial charge in [-0.05, 0) is 32.1 Å². The highest BCUT2D eigenvalue weighted by atomic mass is 31.2. The smallest absolute Gasteiger partial charge is 0.268 e. The molecule has 0 heterocycles. The normalized spacial score (nSPS) is 16.7. The summed E-state index contributed by atoms with van der Waals surface area (Å²) >= 11 is 0. The van der Waals surface area contributed by atoms with Crippen LogP contribution < -0.4 is 10.2 Å². The minimum Gasteiger partial charge on any atom is -0.756 e. The highest BCUT2D eigenvalue weighted by Crippen LogP contribution is 2.38. The van der Waals surface area contributed by atoms with Crippen molar-refractivity contribution in [1.29, 1.82) is 0 Å². The average molecular weight is 813 g/mol. The Labute approximate surface area is 340 Å². The molecule has 0 fully saturated rings. The van der Waals surface area contributed by atoms with Crippen LogP contribution in [0.2, 0.25) is 0 Å². The number of carbonyl (C=O) groups excluding carboxylic acids is 1. The second-order valence-electron chi connectivity index (χ2n) is 15.9. The van der Waals surface area contributed by atoms with Crippen LogP contribution in [0.15, 0.2) is 60.8 Å². The van der Waals surface area contributed by atoms with Crippen LogP contribution in [0, 0.1) is 0 Å². The molecule has 0 bridgehead atoms. The van der Waals surface area contributed by atoms with Crippen LogP contribution in [0.3, 0.4) is 0 Å². The molecule has 0 saturated heterocycles. The molecule has 11 nitrogen and oxygen atoms in total. The number of rotatable bonds is 37. The Morgan fingerprint density at radius 1 is 0.679 bits per heavy atom. The number of phosphoric acid groups is 1. The van der Waals surface area contributed by atoms with Crippen molar-refractivity contribution < 1.29 is 48.2 Å². The van der Waals surface area contributed by atoms with E-state index < -0.39 is 50.8 Å². The van der Waals surface area contributed by atoms with Gasteiger partial charge in [0.05, 0.1) is 58.2 Å². The molecule has 0 aliphatic rings. The van der Waals surface area contributed by atoms with Crippen LogP contribution in [0.5, 0.6) is 0 Å². The fourth-order valence-electron chi connectivity index (χ4n) is 5.71. The van der Waals surface area contributed by atoms with Gasteiger partial charge in [0.1, 0.15) is 13.2 Å². The van der Waals surface area contributed by atoms with E-state index in [0.717, 1.165) is 44.9 Å². The van der Waals surface area contributed by atoms with E-state index in [1.165, 1.54) is 70.3 Å². The number of allylic oxidation sites excluding steroid dienone is 7. The van der Waals surface area contributed by atoms with Crippen LogP contribution in [-0.4, -0.2) is 102 Å². The number of nitrogens with zero attached hydrogens (tertiary/aromatic N) is 1. The van der Waals surface area contributed by atoms with Gasteiger partial charge in [0.25, 0.3) is 7.82 Å². The molecule has 5 N–H and O–H groups in total. The van der Waals surface area contributed by atoms with Crippen molar-refractivity contribution in [2.45, 2.75) is 173 Å². The summed E-state index contributed by atoms with van der Waals surface area (Å²) < 4.78 is 23.0. The molecule has 12 heteroatoms. The molecule has 56 heavy (non-hydrogen) atoms. The molecule has 1 amide bonds. The first kappa shape index (κ1) is 54.1. The Morgan fingerprint density at radius 2 is 1.21 bits per heavy atom. The van der Waals surface area contributed by atoms with E-state index in [1.54, 1.807) is 48.6 Å². The lowest BCUT2D eigenvalue weighted by Gasteiger charge is -2.29. The third kappa shape index (κ3) is 35.3. The number of hydrogen-bond donors (Lipinski definition) is 5. The van der Waals surface area contributed by atoms with Gasteiger partial charge in [0.2, 0.25) is 5.91 Å². The molecule has 6 atom stereocenters. The van der Waals surface area contributed by atoms with E-state index in [9.17, 15) is 34.7 Å². The SMILES string of the molecule is CCCCCCCCCCCCCC/C=C/[C@@H](O)[C@H](COP(=O)([O-])OCC[N+](C)(C)C)NC(=O)CCC[C@H](O)[C@@H](O)/C=C/C=C/C=C\C=C\[C@@H](O)CCCCC. The van der Waals surface area contributed by atoms with Gasteiger partial charge < -0.3 is 44.2 Å². The first-order chi connectivity index (χ1) is 26.7. The molecule has 0 aromatic rings. The van der Waals surface area contributed by atoms with E-state index in [2.05, 4.69) is 19.2 Å². The van der Waals surface area contributed by atoms with Crippen molar-refractivity contribution in [2.24, 2.45) is 0 Å². The van der Waals surface area contributed by atoms with Crippen molar-refractivity contribution in [3.63, 3.8) is 0 Å². The predicted molar refractivity (Wildman–Crippen MR) is 228 cm³/mol. The van der Waals surface area contributed by atoms with Crippen LogP contribution in [0.1, 0.15) is 142 Å². The molecule has 0 aromatic heterocycles. The molecule has 0 aliphatic heterocycles. The van der Waals surface area contributed by atoms with E-state index in [4.69, 9.17) is 9.05 Å². The lowest BCUT2D eigenvalue weighted by atomic mass is 10.0. The Kier molecular flexibility index (Phi) is 33.9. The summed E-state index contributed by atoms with van der Waals surface area (Å²) in [5.74, 6) is -0.451. The van der Waals surface area contributed by atoms with Crippen LogP contribution in [0.4, 0.5) is 0 Å². The quantitative estimate of drug-likeness (QED) is 0.0139. The number of hydrogen-bond acceptors (Lipinski definition) is 9. The van der Waals surface area contributed by atoms with Gasteiger partial charge in [0, 0.05) is 6.42 Å². The highest BCUT2D eigenvalue weighted by molar-refractivity contribution is 7.45. The molecule has 0 spiro atoms. The van der Waals surface area contributed by atoms with E-state index in [1.807, 2.05) is 27.2 Å². The van der Waals surface area contributed by atoms with Crippen molar-refractivity contribution >= 4 is 13.7 Å². The molecule has 0 saturated carbocycles. The Morgan fingerprint density at radius 3 is 1.80 bits per heavy atom. The van der Waals surface area contributed by atoms with Crippen LogP contribution in [-0.2, 0) is 18.4 Å². The van der Waals surface area contributed by atoms with Gasteiger partial charge in [-0.15, -0.1) is 0 Å². The topological polar surface area (TPSA) is 169 Å². The molecule has 326 valence electrons. The maximum Gasteiger partial charge on any atom is 0.268 e. The van der Waals surface area contributed by atoms with Crippen molar-refractivity contribution in [2.75, 3.05) is 40.9 Å². The number of likely N-dealkylation sites (N-methyl/N-ethyl adjacent to an activating group) is 1. The van der Waals surface area contributed by atoms with Gasteiger partial charge in [0.15, 0.2) is 0 Å². The van der Waals surface area contributed by atoms with Gasteiger partial charge in [-0.1, -0.05) is 164 Å². The van der Waals surface area contributed by atoms with Gasteiger partial charge >= 0.3 is 0 Å². The third-order valence-electron chi connectivity index (χ3n) is 9.34. The largest absolute Gasteiger partial charge is 0.756 e. The molecule has 0 rings (SSSR count). The van der Waals surface area contributed by atoms with Crippen molar-refractivity contribution in [3.05, 3.63) is 60.8 Å².